The molecule has 1 heterocycles. The molecule has 0 fully saturated rings. The highest BCUT2D eigenvalue weighted by atomic mass is 32.1. The number of methoxy groups -OCH3 is 1. The summed E-state index contributed by atoms with van der Waals surface area (Å²) in [5.41, 5.74) is 6.58. The molecule has 0 atom stereocenters. The Labute approximate surface area is 117 Å². The maximum absolute atomic E-state index is 5.63. The Morgan fingerprint density at radius 1 is 1.37 bits per heavy atom. The fraction of sp³-hybridized carbons (Fsp3) is 0.357. The lowest BCUT2D eigenvalue weighted by atomic mass is 9.93. The quantitative estimate of drug-likeness (QED) is 0.882. The van der Waals surface area contributed by atoms with Gasteiger partial charge in [-0.15, -0.1) is 11.3 Å². The van der Waals surface area contributed by atoms with E-state index >= 15 is 0 Å². The second kappa shape index (κ2) is 5.59. The van der Waals surface area contributed by atoms with Crippen molar-refractivity contribution in [2.75, 3.05) is 12.8 Å². The summed E-state index contributed by atoms with van der Waals surface area (Å²) < 4.78 is 5.42. The van der Waals surface area contributed by atoms with Crippen LogP contribution in [0.5, 0.6) is 5.75 Å². The standard InChI is InChI=1S/C14H19N3OS/c1-14(2,11-6-4-5-7-12(11)18-3)17-9-10-8-16-13(15)19-10/h4-8,17H,9H2,1-3H3,(H2,15,16). The van der Waals surface area contributed by atoms with E-state index in [2.05, 4.69) is 30.2 Å². The molecule has 19 heavy (non-hydrogen) atoms. The zero-order valence-corrected chi connectivity index (χ0v) is 12.3. The van der Waals surface area contributed by atoms with Crippen molar-refractivity contribution in [2.24, 2.45) is 0 Å². The van der Waals surface area contributed by atoms with Gasteiger partial charge in [0.1, 0.15) is 5.75 Å². The SMILES string of the molecule is COc1ccccc1C(C)(C)NCc1cnc(N)s1. The lowest BCUT2D eigenvalue weighted by Gasteiger charge is -2.28. The van der Waals surface area contributed by atoms with Gasteiger partial charge < -0.3 is 15.8 Å². The maximum Gasteiger partial charge on any atom is 0.180 e. The van der Waals surface area contributed by atoms with Crippen LogP contribution in [0.4, 0.5) is 5.13 Å². The number of para-hydroxylation sites is 1. The highest BCUT2D eigenvalue weighted by Crippen LogP contribution is 2.29. The third kappa shape index (κ3) is 3.24. The molecule has 0 amide bonds. The second-order valence-electron chi connectivity index (χ2n) is 4.84. The zero-order valence-electron chi connectivity index (χ0n) is 11.4. The fourth-order valence-electron chi connectivity index (χ4n) is 1.97. The Bertz CT molecular complexity index is 551. The average Bonchev–Trinajstić information content (AvgIpc) is 2.82. The van der Waals surface area contributed by atoms with Gasteiger partial charge in [-0.3, -0.25) is 0 Å². The van der Waals surface area contributed by atoms with Crippen LogP contribution in [-0.2, 0) is 12.1 Å². The van der Waals surface area contributed by atoms with E-state index in [4.69, 9.17) is 10.5 Å². The Kier molecular flexibility index (Phi) is 4.07. The van der Waals surface area contributed by atoms with Gasteiger partial charge in [0.15, 0.2) is 5.13 Å². The van der Waals surface area contributed by atoms with Crippen LogP contribution in [-0.4, -0.2) is 12.1 Å². The van der Waals surface area contributed by atoms with Crippen molar-refractivity contribution in [2.45, 2.75) is 25.9 Å². The van der Waals surface area contributed by atoms with Crippen LogP contribution in [0.15, 0.2) is 30.5 Å². The van der Waals surface area contributed by atoms with E-state index in [1.807, 2.05) is 24.4 Å². The predicted octanol–water partition coefficient (Wildman–Crippen LogP) is 2.76. The smallest absolute Gasteiger partial charge is 0.180 e. The minimum Gasteiger partial charge on any atom is -0.496 e. The highest BCUT2D eigenvalue weighted by molar-refractivity contribution is 7.15. The summed E-state index contributed by atoms with van der Waals surface area (Å²) >= 11 is 1.51. The molecule has 0 aliphatic heterocycles. The van der Waals surface area contributed by atoms with Crippen molar-refractivity contribution in [3.63, 3.8) is 0 Å². The van der Waals surface area contributed by atoms with Gasteiger partial charge in [-0.05, 0) is 19.9 Å². The van der Waals surface area contributed by atoms with E-state index in [1.165, 1.54) is 11.3 Å². The highest BCUT2D eigenvalue weighted by Gasteiger charge is 2.23. The average molecular weight is 277 g/mol. The fourth-order valence-corrected chi connectivity index (χ4v) is 2.59. The molecule has 0 bridgehead atoms. The van der Waals surface area contributed by atoms with E-state index in [1.54, 1.807) is 7.11 Å². The van der Waals surface area contributed by atoms with Crippen molar-refractivity contribution < 1.29 is 4.74 Å². The number of thiazole rings is 1. The lowest BCUT2D eigenvalue weighted by molar-refractivity contribution is 0.359. The normalized spacial score (nSPS) is 11.5. The predicted molar refractivity (Wildman–Crippen MR) is 79.4 cm³/mol. The number of nitrogens with zero attached hydrogens (tertiary/aromatic N) is 1. The molecule has 0 aliphatic rings. The Balaban J connectivity index is 2.13. The second-order valence-corrected chi connectivity index (χ2v) is 5.99. The van der Waals surface area contributed by atoms with Crippen molar-refractivity contribution in [1.82, 2.24) is 10.3 Å². The molecular formula is C14H19N3OS. The molecule has 2 rings (SSSR count). The molecular weight excluding hydrogens is 258 g/mol. The number of nitrogen functional groups attached to an aromatic ring is 1. The first-order valence-electron chi connectivity index (χ1n) is 6.11. The molecule has 3 N–H and O–H groups in total. The molecule has 1 aromatic carbocycles. The summed E-state index contributed by atoms with van der Waals surface area (Å²) in [6, 6.07) is 8.05. The van der Waals surface area contributed by atoms with Crippen molar-refractivity contribution in [1.29, 1.82) is 0 Å². The summed E-state index contributed by atoms with van der Waals surface area (Å²) in [6.45, 7) is 5.00. The van der Waals surface area contributed by atoms with Crippen LogP contribution < -0.4 is 15.8 Å². The van der Waals surface area contributed by atoms with E-state index in [0.29, 0.717) is 5.13 Å². The lowest BCUT2D eigenvalue weighted by Crippen LogP contribution is -2.36. The van der Waals surface area contributed by atoms with Gasteiger partial charge in [0.25, 0.3) is 0 Å². The van der Waals surface area contributed by atoms with Crippen LogP contribution in [0.25, 0.3) is 0 Å². The third-order valence-electron chi connectivity index (χ3n) is 3.06. The van der Waals surface area contributed by atoms with Gasteiger partial charge in [-0.25, -0.2) is 4.98 Å². The first-order valence-corrected chi connectivity index (χ1v) is 6.93. The number of hydrogen-bond acceptors (Lipinski definition) is 5. The van der Waals surface area contributed by atoms with Crippen LogP contribution in [0.1, 0.15) is 24.3 Å². The van der Waals surface area contributed by atoms with Gasteiger partial charge in [-0.1, -0.05) is 18.2 Å². The van der Waals surface area contributed by atoms with Gasteiger partial charge in [0, 0.05) is 28.7 Å². The van der Waals surface area contributed by atoms with Crippen molar-refractivity contribution in [3.05, 3.63) is 40.9 Å². The van der Waals surface area contributed by atoms with Gasteiger partial charge >= 0.3 is 0 Å². The zero-order chi connectivity index (χ0) is 13.9. The summed E-state index contributed by atoms with van der Waals surface area (Å²) in [7, 11) is 1.69. The van der Waals surface area contributed by atoms with Crippen molar-refractivity contribution in [3.8, 4) is 5.75 Å². The number of benzene rings is 1. The molecule has 0 radical (unpaired) electrons. The summed E-state index contributed by atoms with van der Waals surface area (Å²) in [6.07, 6.45) is 1.81. The van der Waals surface area contributed by atoms with Crippen LogP contribution >= 0.6 is 11.3 Å². The van der Waals surface area contributed by atoms with E-state index in [-0.39, 0.29) is 5.54 Å². The Morgan fingerprint density at radius 3 is 2.74 bits per heavy atom. The molecule has 0 unspecified atom stereocenters. The number of hydrogen-bond donors (Lipinski definition) is 2. The monoisotopic (exact) mass is 277 g/mol. The number of nitrogens with two attached hydrogens (primary N) is 1. The molecule has 5 heteroatoms. The molecule has 0 spiro atoms. The topological polar surface area (TPSA) is 60.2 Å². The summed E-state index contributed by atoms with van der Waals surface area (Å²) in [4.78, 5) is 5.18. The largest absolute Gasteiger partial charge is 0.496 e. The molecule has 102 valence electrons. The number of ether oxygens (including phenoxy) is 1. The molecule has 0 aliphatic carbocycles. The Hall–Kier alpha value is -1.59. The first kappa shape index (κ1) is 13.8. The molecule has 2 aromatic rings. The van der Waals surface area contributed by atoms with Gasteiger partial charge in [-0.2, -0.15) is 0 Å². The minimum absolute atomic E-state index is 0.189. The van der Waals surface area contributed by atoms with E-state index < -0.39 is 0 Å². The van der Waals surface area contributed by atoms with E-state index in [9.17, 15) is 0 Å². The number of anilines is 1. The third-order valence-corrected chi connectivity index (χ3v) is 3.88. The molecule has 1 aromatic heterocycles. The summed E-state index contributed by atoms with van der Waals surface area (Å²) in [5, 5.41) is 4.12. The molecule has 0 saturated carbocycles. The van der Waals surface area contributed by atoms with Crippen LogP contribution in [0.2, 0.25) is 0 Å². The summed E-state index contributed by atoms with van der Waals surface area (Å²) in [5.74, 6) is 0.892. The first-order chi connectivity index (χ1) is 9.03. The van der Waals surface area contributed by atoms with E-state index in [0.717, 1.165) is 22.7 Å². The number of rotatable bonds is 5. The molecule has 0 saturated heterocycles. The van der Waals surface area contributed by atoms with Gasteiger partial charge in [0.2, 0.25) is 0 Å². The molecule has 4 nitrogen and oxygen atoms in total. The van der Waals surface area contributed by atoms with Gasteiger partial charge in [0.05, 0.1) is 7.11 Å². The van der Waals surface area contributed by atoms with Crippen molar-refractivity contribution >= 4 is 16.5 Å². The number of nitrogens with one attached hydrogen (secondary N) is 1. The Morgan fingerprint density at radius 2 is 2.11 bits per heavy atom. The minimum atomic E-state index is -0.189. The maximum atomic E-state index is 5.63. The van der Waals surface area contributed by atoms with Crippen LogP contribution in [0.3, 0.4) is 0 Å². The van der Waals surface area contributed by atoms with Crippen LogP contribution in [0, 0.1) is 0 Å². The number of aromatic nitrogens is 1.